The molecule has 0 radical (unpaired) electrons. The molecule has 1 atom stereocenters. The van der Waals surface area contributed by atoms with Crippen molar-refractivity contribution in [1.29, 1.82) is 0 Å². The molecule has 1 fully saturated rings. The van der Waals surface area contributed by atoms with Crippen molar-refractivity contribution < 1.29 is 14.2 Å². The second kappa shape index (κ2) is 9.26. The summed E-state index contributed by atoms with van der Waals surface area (Å²) >= 11 is 0. The van der Waals surface area contributed by atoms with E-state index < -0.39 is 5.41 Å². The van der Waals surface area contributed by atoms with E-state index in [1.165, 1.54) is 12.8 Å². The van der Waals surface area contributed by atoms with E-state index in [0.29, 0.717) is 0 Å². The normalized spacial score (nSPS) is 21.3. The minimum absolute atomic E-state index is 0.268. The van der Waals surface area contributed by atoms with Gasteiger partial charge in [-0.2, -0.15) is 0 Å². The number of rotatable bonds is 5. The zero-order valence-electron chi connectivity index (χ0n) is 17.8. The molecule has 4 nitrogen and oxygen atoms in total. The molecule has 2 aromatic rings. The van der Waals surface area contributed by atoms with E-state index >= 15 is 0 Å². The molecule has 0 bridgehead atoms. The van der Waals surface area contributed by atoms with Gasteiger partial charge in [-0.3, -0.25) is 4.98 Å². The lowest BCUT2D eigenvalue weighted by molar-refractivity contribution is 0.200. The Morgan fingerprint density at radius 2 is 1.77 bits per heavy atom. The molecule has 0 saturated heterocycles. The maximum Gasteiger partial charge on any atom is 0.161 e. The number of allylic oxidation sites excluding steroid dienone is 2. The molecule has 0 amide bonds. The van der Waals surface area contributed by atoms with Gasteiger partial charge in [-0.05, 0) is 74.4 Å². The minimum atomic E-state index is -0.424. The average Bonchev–Trinajstić information content (AvgIpc) is 3.31. The quantitative estimate of drug-likeness (QED) is 0.626. The zero-order valence-corrected chi connectivity index (χ0v) is 17.8. The third-order valence-electron chi connectivity index (χ3n) is 6.05. The van der Waals surface area contributed by atoms with Crippen LogP contribution in [0.5, 0.6) is 11.5 Å². The summed E-state index contributed by atoms with van der Waals surface area (Å²) in [7, 11) is 3.43. The highest BCUT2D eigenvalue weighted by Crippen LogP contribution is 2.41. The highest BCUT2D eigenvalue weighted by molar-refractivity contribution is 5.52. The van der Waals surface area contributed by atoms with Crippen LogP contribution in [0, 0.1) is 11.8 Å². The number of hydrogen-bond acceptors (Lipinski definition) is 4. The Bertz CT molecular complexity index is 951. The second-order valence-corrected chi connectivity index (χ2v) is 8.02. The molecule has 0 aliphatic heterocycles. The molecule has 156 valence electrons. The SMILES string of the molecule is COC1=CC(C#Cc2ccncc2)(c2ccc(OC)c(OC3CCCC3)c2)CCC1. The fourth-order valence-electron chi connectivity index (χ4n) is 4.37. The van der Waals surface area contributed by atoms with Gasteiger partial charge in [0, 0.05) is 24.4 Å². The van der Waals surface area contributed by atoms with E-state index in [1.807, 2.05) is 18.2 Å². The second-order valence-electron chi connectivity index (χ2n) is 8.02. The molecule has 2 aliphatic rings. The fraction of sp³-hybridized carbons (Fsp3) is 0.423. The van der Waals surface area contributed by atoms with Gasteiger partial charge in [0.2, 0.25) is 0 Å². The van der Waals surface area contributed by atoms with Crippen LogP contribution in [0.3, 0.4) is 0 Å². The highest BCUT2D eigenvalue weighted by Gasteiger charge is 2.33. The highest BCUT2D eigenvalue weighted by atomic mass is 16.5. The molecule has 1 saturated carbocycles. The number of pyridine rings is 1. The van der Waals surface area contributed by atoms with Gasteiger partial charge >= 0.3 is 0 Å². The maximum atomic E-state index is 6.36. The fourth-order valence-corrected chi connectivity index (χ4v) is 4.37. The Balaban J connectivity index is 1.76. The first-order valence-corrected chi connectivity index (χ1v) is 10.8. The first kappa shape index (κ1) is 20.3. The molecule has 1 unspecified atom stereocenters. The van der Waals surface area contributed by atoms with Gasteiger partial charge in [-0.25, -0.2) is 0 Å². The molecule has 4 heteroatoms. The van der Waals surface area contributed by atoms with Gasteiger partial charge in [0.05, 0.1) is 31.5 Å². The van der Waals surface area contributed by atoms with Crippen molar-refractivity contribution >= 4 is 0 Å². The summed E-state index contributed by atoms with van der Waals surface area (Å²) < 4.78 is 17.6. The summed E-state index contributed by atoms with van der Waals surface area (Å²) in [5.74, 6) is 9.49. The molecule has 1 aromatic carbocycles. The molecule has 30 heavy (non-hydrogen) atoms. The number of ether oxygens (including phenoxy) is 3. The van der Waals surface area contributed by atoms with Crippen molar-refractivity contribution in [3.63, 3.8) is 0 Å². The Hall–Kier alpha value is -2.93. The van der Waals surface area contributed by atoms with Crippen molar-refractivity contribution in [2.75, 3.05) is 14.2 Å². The summed E-state index contributed by atoms with van der Waals surface area (Å²) in [6.45, 7) is 0. The third kappa shape index (κ3) is 4.46. The van der Waals surface area contributed by atoms with E-state index in [9.17, 15) is 0 Å². The number of nitrogens with zero attached hydrogens (tertiary/aromatic N) is 1. The molecule has 0 spiro atoms. The largest absolute Gasteiger partial charge is 0.501 e. The molecular formula is C26H29NO3. The first-order valence-electron chi connectivity index (χ1n) is 10.8. The first-order chi connectivity index (χ1) is 14.7. The Morgan fingerprint density at radius 1 is 0.967 bits per heavy atom. The molecule has 0 N–H and O–H groups in total. The van der Waals surface area contributed by atoms with Crippen molar-refractivity contribution in [3.05, 3.63) is 65.7 Å². The van der Waals surface area contributed by atoms with Crippen LogP contribution >= 0.6 is 0 Å². The summed E-state index contributed by atoms with van der Waals surface area (Å²) in [6.07, 6.45) is 13.6. The Labute approximate surface area is 179 Å². The van der Waals surface area contributed by atoms with Gasteiger partial charge in [0.1, 0.15) is 0 Å². The maximum absolute atomic E-state index is 6.36. The Morgan fingerprint density at radius 3 is 2.50 bits per heavy atom. The van der Waals surface area contributed by atoms with Crippen LogP contribution in [0.1, 0.15) is 56.1 Å². The van der Waals surface area contributed by atoms with Crippen LogP contribution in [-0.2, 0) is 10.2 Å². The predicted octanol–water partition coefficient (Wildman–Crippen LogP) is 5.42. The lowest BCUT2D eigenvalue weighted by atomic mass is 9.73. The average molecular weight is 404 g/mol. The van der Waals surface area contributed by atoms with Crippen LogP contribution in [0.25, 0.3) is 0 Å². The molecule has 4 rings (SSSR count). The third-order valence-corrected chi connectivity index (χ3v) is 6.05. The van der Waals surface area contributed by atoms with E-state index in [-0.39, 0.29) is 6.10 Å². The van der Waals surface area contributed by atoms with Crippen molar-refractivity contribution in [2.45, 2.75) is 56.5 Å². The van der Waals surface area contributed by atoms with Crippen molar-refractivity contribution in [3.8, 4) is 23.3 Å². The summed E-state index contributed by atoms with van der Waals surface area (Å²) in [6, 6.07) is 10.1. The van der Waals surface area contributed by atoms with Crippen molar-refractivity contribution in [1.82, 2.24) is 4.98 Å². The van der Waals surface area contributed by atoms with Crippen LogP contribution in [0.4, 0.5) is 0 Å². The minimum Gasteiger partial charge on any atom is -0.501 e. The lowest BCUT2D eigenvalue weighted by Crippen LogP contribution is -2.26. The zero-order chi connectivity index (χ0) is 20.8. The summed E-state index contributed by atoms with van der Waals surface area (Å²) in [4.78, 5) is 4.09. The van der Waals surface area contributed by atoms with E-state index in [1.54, 1.807) is 26.6 Å². The number of hydrogen-bond donors (Lipinski definition) is 0. The number of methoxy groups -OCH3 is 2. The van der Waals surface area contributed by atoms with Crippen LogP contribution < -0.4 is 9.47 Å². The summed E-state index contributed by atoms with van der Waals surface area (Å²) in [5.41, 5.74) is 1.65. The standard InChI is InChI=1S/C26H29NO3/c1-28-23-8-5-14-26(19-23,15-11-20-12-16-27-17-13-20)21-9-10-24(29-2)25(18-21)30-22-6-3-4-7-22/h9-10,12-13,16-19,22H,3-8,14H2,1-2H3. The van der Waals surface area contributed by atoms with Crippen LogP contribution in [0.2, 0.25) is 0 Å². The van der Waals surface area contributed by atoms with E-state index in [2.05, 4.69) is 35.0 Å². The van der Waals surface area contributed by atoms with Gasteiger partial charge in [0.25, 0.3) is 0 Å². The Kier molecular flexibility index (Phi) is 6.28. The monoisotopic (exact) mass is 403 g/mol. The number of benzene rings is 1. The molecule has 2 aliphatic carbocycles. The number of aromatic nitrogens is 1. The smallest absolute Gasteiger partial charge is 0.161 e. The van der Waals surface area contributed by atoms with E-state index in [0.717, 1.165) is 60.5 Å². The van der Waals surface area contributed by atoms with Gasteiger partial charge in [-0.15, -0.1) is 0 Å². The van der Waals surface area contributed by atoms with Gasteiger partial charge in [0.15, 0.2) is 11.5 Å². The molecule has 1 aromatic heterocycles. The summed E-state index contributed by atoms with van der Waals surface area (Å²) in [5, 5.41) is 0. The van der Waals surface area contributed by atoms with Gasteiger partial charge < -0.3 is 14.2 Å². The lowest BCUT2D eigenvalue weighted by Gasteiger charge is -2.31. The van der Waals surface area contributed by atoms with Crippen LogP contribution in [-0.4, -0.2) is 25.3 Å². The molecule has 1 heterocycles. The molecular weight excluding hydrogens is 374 g/mol. The predicted molar refractivity (Wildman–Crippen MR) is 118 cm³/mol. The topological polar surface area (TPSA) is 40.6 Å². The van der Waals surface area contributed by atoms with Crippen molar-refractivity contribution in [2.24, 2.45) is 0 Å². The van der Waals surface area contributed by atoms with Gasteiger partial charge in [-0.1, -0.05) is 17.9 Å². The van der Waals surface area contributed by atoms with Crippen LogP contribution in [0.15, 0.2) is 54.6 Å². The van der Waals surface area contributed by atoms with E-state index in [4.69, 9.17) is 14.2 Å².